The number of carboxylic acid groups (broad SMARTS) is 1. The minimum atomic E-state index is -1.09. The van der Waals surface area contributed by atoms with Crippen LogP contribution in [0.25, 0.3) is 0 Å². The lowest BCUT2D eigenvalue weighted by Gasteiger charge is -2.16. The largest absolute Gasteiger partial charge is 0.478 e. The highest BCUT2D eigenvalue weighted by molar-refractivity contribution is 5.89. The van der Waals surface area contributed by atoms with Gasteiger partial charge in [-0.15, -0.1) is 0 Å². The number of anilines is 1. The Morgan fingerprint density at radius 2 is 1.55 bits per heavy atom. The maximum Gasteiger partial charge on any atom is 0.328 e. The highest BCUT2D eigenvalue weighted by atomic mass is 19.1. The van der Waals surface area contributed by atoms with E-state index in [2.05, 4.69) is 10.6 Å². The molecule has 0 aromatic heterocycles. The monoisotopic (exact) mass is 420 g/mol. The Kier molecular flexibility index (Phi) is 7.37. The summed E-state index contributed by atoms with van der Waals surface area (Å²) in [6.07, 6.45) is 2.90. The van der Waals surface area contributed by atoms with E-state index in [4.69, 9.17) is 9.84 Å². The molecule has 3 aromatic rings. The van der Waals surface area contributed by atoms with Crippen molar-refractivity contribution in [3.8, 4) is 11.5 Å². The van der Waals surface area contributed by atoms with E-state index in [9.17, 15) is 14.0 Å². The Hall–Kier alpha value is -4.13. The van der Waals surface area contributed by atoms with Gasteiger partial charge in [0.1, 0.15) is 17.3 Å². The third-order valence-electron chi connectivity index (χ3n) is 4.25. The van der Waals surface area contributed by atoms with Crippen molar-refractivity contribution in [2.24, 2.45) is 0 Å². The quantitative estimate of drug-likeness (QED) is 0.448. The summed E-state index contributed by atoms with van der Waals surface area (Å²) in [6.45, 7) is 0. The number of aliphatic carboxylic acids is 1. The molecule has 0 radical (unpaired) electrons. The summed E-state index contributed by atoms with van der Waals surface area (Å²) in [5.41, 5.74) is 1.50. The molecule has 0 saturated carbocycles. The highest BCUT2D eigenvalue weighted by Gasteiger charge is 2.11. The average molecular weight is 420 g/mol. The van der Waals surface area contributed by atoms with E-state index in [1.54, 1.807) is 24.3 Å². The van der Waals surface area contributed by atoms with E-state index >= 15 is 0 Å². The maximum absolute atomic E-state index is 13.0. The molecule has 0 saturated heterocycles. The Morgan fingerprint density at radius 1 is 0.935 bits per heavy atom. The summed E-state index contributed by atoms with van der Waals surface area (Å²) < 4.78 is 18.6. The van der Waals surface area contributed by atoms with Crippen LogP contribution in [0.1, 0.15) is 5.56 Å². The predicted molar refractivity (Wildman–Crippen MR) is 116 cm³/mol. The van der Waals surface area contributed by atoms with Gasteiger partial charge in [-0.3, -0.25) is 0 Å². The molecule has 0 aliphatic carbocycles. The second-order valence-corrected chi connectivity index (χ2v) is 6.67. The van der Waals surface area contributed by atoms with Crippen molar-refractivity contribution in [1.82, 2.24) is 5.32 Å². The standard InChI is InChI=1S/C24H21FN2O4/c25-18-6-11-21(12-7-18)31-22-13-8-19(9-14-22)26-24(30)27-20(10-15-23(28)29)16-17-4-2-1-3-5-17/h1-15,20H,16H2,(H,28,29)(H2,26,27,30)/t20-/m1/s1. The molecule has 0 aliphatic rings. The summed E-state index contributed by atoms with van der Waals surface area (Å²) in [7, 11) is 0. The number of hydrogen-bond acceptors (Lipinski definition) is 3. The number of amides is 2. The van der Waals surface area contributed by atoms with Crippen LogP contribution in [0.3, 0.4) is 0 Å². The molecule has 158 valence electrons. The maximum atomic E-state index is 13.0. The number of nitrogens with one attached hydrogen (secondary N) is 2. The molecule has 0 bridgehead atoms. The molecule has 7 heteroatoms. The molecule has 31 heavy (non-hydrogen) atoms. The van der Waals surface area contributed by atoms with E-state index in [1.807, 2.05) is 30.3 Å². The molecule has 0 spiro atoms. The van der Waals surface area contributed by atoms with Crippen LogP contribution in [0.4, 0.5) is 14.9 Å². The molecule has 3 N–H and O–H groups in total. The second kappa shape index (κ2) is 10.6. The fourth-order valence-corrected chi connectivity index (χ4v) is 2.81. The van der Waals surface area contributed by atoms with Crippen molar-refractivity contribution in [1.29, 1.82) is 0 Å². The van der Waals surface area contributed by atoms with Crippen molar-refractivity contribution >= 4 is 17.7 Å². The first-order valence-electron chi connectivity index (χ1n) is 9.54. The van der Waals surface area contributed by atoms with Crippen LogP contribution in [0.2, 0.25) is 0 Å². The molecule has 1 atom stereocenters. The number of hydrogen-bond donors (Lipinski definition) is 3. The van der Waals surface area contributed by atoms with Gasteiger partial charge in [0.15, 0.2) is 0 Å². The van der Waals surface area contributed by atoms with Crippen molar-refractivity contribution in [3.63, 3.8) is 0 Å². The van der Waals surface area contributed by atoms with Gasteiger partial charge in [-0.2, -0.15) is 0 Å². The van der Waals surface area contributed by atoms with Crippen molar-refractivity contribution < 1.29 is 23.8 Å². The molecule has 0 fully saturated rings. The van der Waals surface area contributed by atoms with Gasteiger partial charge >= 0.3 is 12.0 Å². The van der Waals surface area contributed by atoms with E-state index in [1.165, 1.54) is 30.3 Å². The SMILES string of the molecule is O=C(O)C=C[C@H](Cc1ccccc1)NC(=O)Nc1ccc(Oc2ccc(F)cc2)cc1. The van der Waals surface area contributed by atoms with Gasteiger partial charge < -0.3 is 20.5 Å². The molecule has 0 heterocycles. The van der Waals surface area contributed by atoms with Crippen LogP contribution in [0.5, 0.6) is 11.5 Å². The second-order valence-electron chi connectivity index (χ2n) is 6.67. The lowest BCUT2D eigenvalue weighted by molar-refractivity contribution is -0.131. The lowest BCUT2D eigenvalue weighted by Crippen LogP contribution is -2.38. The van der Waals surface area contributed by atoms with E-state index in [0.29, 0.717) is 23.6 Å². The van der Waals surface area contributed by atoms with Crippen LogP contribution >= 0.6 is 0 Å². The first kappa shape index (κ1) is 21.6. The normalized spacial score (nSPS) is 11.6. The fourth-order valence-electron chi connectivity index (χ4n) is 2.81. The Morgan fingerprint density at radius 3 is 2.16 bits per heavy atom. The Bertz CT molecular complexity index is 1040. The minimum absolute atomic E-state index is 0.346. The smallest absolute Gasteiger partial charge is 0.328 e. The average Bonchev–Trinajstić information content (AvgIpc) is 2.76. The summed E-state index contributed by atoms with van der Waals surface area (Å²) in [5, 5.41) is 14.4. The molecule has 6 nitrogen and oxygen atoms in total. The third-order valence-corrected chi connectivity index (χ3v) is 4.25. The highest BCUT2D eigenvalue weighted by Crippen LogP contribution is 2.23. The topological polar surface area (TPSA) is 87.7 Å². The number of carbonyl (C=O) groups is 2. The number of ether oxygens (including phenoxy) is 1. The van der Waals surface area contributed by atoms with Gasteiger partial charge in [-0.25, -0.2) is 14.0 Å². The van der Waals surface area contributed by atoms with Crippen LogP contribution in [0, 0.1) is 5.82 Å². The lowest BCUT2D eigenvalue weighted by atomic mass is 10.1. The van der Waals surface area contributed by atoms with Gasteiger partial charge in [0.05, 0.1) is 6.04 Å². The number of urea groups is 1. The van der Waals surface area contributed by atoms with Crippen molar-refractivity contribution in [2.75, 3.05) is 5.32 Å². The van der Waals surface area contributed by atoms with Crippen LogP contribution in [-0.2, 0) is 11.2 Å². The van der Waals surface area contributed by atoms with Crippen LogP contribution in [-0.4, -0.2) is 23.1 Å². The zero-order valence-corrected chi connectivity index (χ0v) is 16.5. The number of rotatable bonds is 8. The van der Waals surface area contributed by atoms with Crippen LogP contribution < -0.4 is 15.4 Å². The van der Waals surface area contributed by atoms with Crippen molar-refractivity contribution in [2.45, 2.75) is 12.5 Å². The van der Waals surface area contributed by atoms with Crippen molar-refractivity contribution in [3.05, 3.63) is 102 Å². The molecule has 3 aromatic carbocycles. The molecule has 0 unspecified atom stereocenters. The van der Waals surface area contributed by atoms with Gasteiger partial charge in [-0.05, 0) is 60.5 Å². The molecule has 0 aliphatic heterocycles. The zero-order chi connectivity index (χ0) is 22.1. The van der Waals surface area contributed by atoms with Crippen LogP contribution in [0.15, 0.2) is 91.0 Å². The Labute approximate surface area is 179 Å². The van der Waals surface area contributed by atoms with E-state index in [0.717, 1.165) is 11.6 Å². The summed E-state index contributed by atoms with van der Waals surface area (Å²) in [6, 6.07) is 20.8. The van der Waals surface area contributed by atoms with Gasteiger partial charge in [0.2, 0.25) is 0 Å². The number of carbonyl (C=O) groups excluding carboxylic acids is 1. The van der Waals surface area contributed by atoms with Gasteiger partial charge in [-0.1, -0.05) is 36.4 Å². The fraction of sp³-hybridized carbons (Fsp3) is 0.0833. The van der Waals surface area contributed by atoms with E-state index in [-0.39, 0.29) is 5.82 Å². The summed E-state index contributed by atoms with van der Waals surface area (Å²) >= 11 is 0. The first-order valence-corrected chi connectivity index (χ1v) is 9.54. The molecular formula is C24H21FN2O4. The van der Waals surface area contributed by atoms with Gasteiger partial charge in [0, 0.05) is 11.8 Å². The Balaban J connectivity index is 1.59. The minimum Gasteiger partial charge on any atom is -0.478 e. The number of benzene rings is 3. The zero-order valence-electron chi connectivity index (χ0n) is 16.5. The predicted octanol–water partition coefficient (Wildman–Crippen LogP) is 4.99. The summed E-state index contributed by atoms with van der Waals surface area (Å²) in [5.74, 6) is -0.406. The molecule has 3 rings (SSSR count). The number of carboxylic acids is 1. The third kappa shape index (κ3) is 7.32. The molecule has 2 amide bonds. The summed E-state index contributed by atoms with van der Waals surface area (Å²) in [4.78, 5) is 23.3. The molecular weight excluding hydrogens is 399 g/mol. The van der Waals surface area contributed by atoms with E-state index < -0.39 is 18.0 Å². The van der Waals surface area contributed by atoms with Gasteiger partial charge in [0.25, 0.3) is 0 Å². The first-order chi connectivity index (χ1) is 15.0. The number of halogens is 1.